The van der Waals surface area contributed by atoms with Crippen LogP contribution in [0, 0.1) is 0 Å². The molecule has 0 amide bonds. The minimum Gasteiger partial charge on any atom is -0.497 e. The molecule has 7 heteroatoms. The van der Waals surface area contributed by atoms with E-state index in [1.54, 1.807) is 19.8 Å². The van der Waals surface area contributed by atoms with E-state index in [9.17, 15) is 0 Å². The highest BCUT2D eigenvalue weighted by molar-refractivity contribution is 5.36. The fourth-order valence-electron chi connectivity index (χ4n) is 2.29. The zero-order chi connectivity index (χ0) is 16.1. The summed E-state index contributed by atoms with van der Waals surface area (Å²) in [7, 11) is 1.66. The van der Waals surface area contributed by atoms with E-state index in [2.05, 4.69) is 27.4 Å². The number of nitrogens with one attached hydrogen (secondary N) is 1. The van der Waals surface area contributed by atoms with Crippen molar-refractivity contribution < 1.29 is 4.74 Å². The molecule has 0 radical (unpaired) electrons. The van der Waals surface area contributed by atoms with Crippen molar-refractivity contribution in [3.8, 4) is 11.4 Å². The summed E-state index contributed by atoms with van der Waals surface area (Å²) in [5.74, 6) is 0.838. The Kier molecular flexibility index (Phi) is 4.68. The maximum absolute atomic E-state index is 5.17. The molecular weight excluding hydrogens is 292 g/mol. The molecule has 2 aromatic heterocycles. The predicted octanol–water partition coefficient (Wildman–Crippen LogP) is 1.65. The molecule has 7 nitrogen and oxygen atoms in total. The van der Waals surface area contributed by atoms with Gasteiger partial charge in [-0.25, -0.2) is 9.67 Å². The third-order valence-electron chi connectivity index (χ3n) is 3.54. The highest BCUT2D eigenvalue weighted by atomic mass is 16.5. The first-order valence-electron chi connectivity index (χ1n) is 7.49. The Morgan fingerprint density at radius 2 is 2.04 bits per heavy atom. The number of hydrogen-bond donors (Lipinski definition) is 1. The Labute approximate surface area is 134 Å². The van der Waals surface area contributed by atoms with Crippen molar-refractivity contribution in [1.29, 1.82) is 0 Å². The molecule has 0 fully saturated rings. The van der Waals surface area contributed by atoms with Gasteiger partial charge in [0.25, 0.3) is 0 Å². The van der Waals surface area contributed by atoms with Crippen LogP contribution in [0.3, 0.4) is 0 Å². The standard InChI is InChI=1S/C16H20N6O/c1-13(10-21-12-17-11-19-21)18-9-14-7-8-22(20-14)15-3-5-16(23-2)6-4-15/h3-8,11-13,18H,9-10H2,1-2H3. The number of methoxy groups -OCH3 is 1. The molecule has 0 bridgehead atoms. The Balaban J connectivity index is 1.56. The van der Waals surface area contributed by atoms with Crippen molar-refractivity contribution in [1.82, 2.24) is 29.9 Å². The molecule has 1 unspecified atom stereocenters. The molecule has 120 valence electrons. The zero-order valence-electron chi connectivity index (χ0n) is 13.3. The average molecular weight is 312 g/mol. The SMILES string of the molecule is COc1ccc(-n2ccc(CNC(C)Cn3cncn3)n2)cc1. The first kappa shape index (κ1) is 15.2. The van der Waals surface area contributed by atoms with Gasteiger partial charge in [0.15, 0.2) is 0 Å². The van der Waals surface area contributed by atoms with Crippen molar-refractivity contribution >= 4 is 0 Å². The lowest BCUT2D eigenvalue weighted by Crippen LogP contribution is -2.30. The molecule has 3 rings (SSSR count). The summed E-state index contributed by atoms with van der Waals surface area (Å²) in [6, 6.07) is 10.1. The van der Waals surface area contributed by atoms with Crippen molar-refractivity contribution in [2.75, 3.05) is 7.11 Å². The lowest BCUT2D eigenvalue weighted by Gasteiger charge is -2.12. The van der Waals surface area contributed by atoms with E-state index in [0.717, 1.165) is 23.7 Å². The van der Waals surface area contributed by atoms with Gasteiger partial charge in [-0.3, -0.25) is 4.68 Å². The van der Waals surface area contributed by atoms with Crippen LogP contribution in [0.2, 0.25) is 0 Å². The quantitative estimate of drug-likeness (QED) is 0.718. The molecule has 0 aliphatic heterocycles. The molecule has 0 saturated heterocycles. The van der Waals surface area contributed by atoms with Crippen LogP contribution < -0.4 is 10.1 Å². The van der Waals surface area contributed by atoms with Crippen molar-refractivity contribution in [2.24, 2.45) is 0 Å². The Morgan fingerprint density at radius 3 is 2.74 bits per heavy atom. The molecular formula is C16H20N6O. The summed E-state index contributed by atoms with van der Waals surface area (Å²) in [6.07, 6.45) is 5.22. The van der Waals surface area contributed by atoms with Crippen LogP contribution in [-0.4, -0.2) is 37.7 Å². The normalized spacial score (nSPS) is 12.3. The summed E-state index contributed by atoms with van der Waals surface area (Å²) in [5, 5.41) is 12.1. The molecule has 2 heterocycles. The molecule has 0 spiro atoms. The van der Waals surface area contributed by atoms with Crippen LogP contribution in [0.5, 0.6) is 5.75 Å². The third kappa shape index (κ3) is 3.95. The molecule has 0 aliphatic carbocycles. The van der Waals surface area contributed by atoms with E-state index in [-0.39, 0.29) is 6.04 Å². The van der Waals surface area contributed by atoms with Gasteiger partial charge in [-0.15, -0.1) is 0 Å². The van der Waals surface area contributed by atoms with Gasteiger partial charge in [0.1, 0.15) is 18.4 Å². The van der Waals surface area contributed by atoms with Gasteiger partial charge in [0.05, 0.1) is 25.0 Å². The second-order valence-electron chi connectivity index (χ2n) is 5.35. The number of hydrogen-bond acceptors (Lipinski definition) is 5. The summed E-state index contributed by atoms with van der Waals surface area (Å²) in [6.45, 7) is 3.60. The zero-order valence-corrected chi connectivity index (χ0v) is 13.3. The smallest absolute Gasteiger partial charge is 0.137 e. The Bertz CT molecular complexity index is 719. The highest BCUT2D eigenvalue weighted by Crippen LogP contribution is 2.14. The lowest BCUT2D eigenvalue weighted by molar-refractivity contribution is 0.414. The lowest BCUT2D eigenvalue weighted by atomic mass is 10.3. The van der Waals surface area contributed by atoms with Gasteiger partial charge in [-0.1, -0.05) is 0 Å². The van der Waals surface area contributed by atoms with Crippen LogP contribution in [-0.2, 0) is 13.1 Å². The number of ether oxygens (including phenoxy) is 1. The maximum Gasteiger partial charge on any atom is 0.137 e. The Morgan fingerprint density at radius 1 is 1.22 bits per heavy atom. The molecule has 1 N–H and O–H groups in total. The van der Waals surface area contributed by atoms with Crippen LogP contribution in [0.25, 0.3) is 5.69 Å². The fourth-order valence-corrected chi connectivity index (χ4v) is 2.29. The number of aromatic nitrogens is 5. The van der Waals surface area contributed by atoms with Crippen LogP contribution in [0.4, 0.5) is 0 Å². The van der Waals surface area contributed by atoms with E-state index in [1.807, 2.05) is 45.9 Å². The van der Waals surface area contributed by atoms with Crippen molar-refractivity contribution in [3.63, 3.8) is 0 Å². The van der Waals surface area contributed by atoms with Gasteiger partial charge in [0, 0.05) is 18.8 Å². The largest absolute Gasteiger partial charge is 0.497 e. The molecule has 23 heavy (non-hydrogen) atoms. The van der Waals surface area contributed by atoms with Gasteiger partial charge >= 0.3 is 0 Å². The molecule has 0 aliphatic rings. The van der Waals surface area contributed by atoms with Crippen molar-refractivity contribution in [2.45, 2.75) is 26.1 Å². The van der Waals surface area contributed by atoms with Gasteiger partial charge in [-0.05, 0) is 37.3 Å². The average Bonchev–Trinajstić information content (AvgIpc) is 3.25. The van der Waals surface area contributed by atoms with E-state index in [0.29, 0.717) is 6.54 Å². The Hall–Kier alpha value is -2.67. The summed E-state index contributed by atoms with van der Waals surface area (Å²) in [4.78, 5) is 3.94. The minimum absolute atomic E-state index is 0.280. The number of rotatable bonds is 7. The van der Waals surface area contributed by atoms with E-state index < -0.39 is 0 Å². The molecule has 0 saturated carbocycles. The second-order valence-corrected chi connectivity index (χ2v) is 5.35. The third-order valence-corrected chi connectivity index (χ3v) is 3.54. The maximum atomic E-state index is 5.17. The highest BCUT2D eigenvalue weighted by Gasteiger charge is 2.06. The first-order chi connectivity index (χ1) is 11.2. The van der Waals surface area contributed by atoms with Crippen LogP contribution in [0.1, 0.15) is 12.6 Å². The summed E-state index contributed by atoms with van der Waals surface area (Å²) >= 11 is 0. The monoisotopic (exact) mass is 312 g/mol. The van der Waals surface area contributed by atoms with Gasteiger partial charge < -0.3 is 10.1 Å². The van der Waals surface area contributed by atoms with Crippen molar-refractivity contribution in [3.05, 3.63) is 54.9 Å². The van der Waals surface area contributed by atoms with Gasteiger partial charge in [0.2, 0.25) is 0 Å². The van der Waals surface area contributed by atoms with Crippen LogP contribution in [0.15, 0.2) is 49.2 Å². The fraction of sp³-hybridized carbons (Fsp3) is 0.312. The summed E-state index contributed by atoms with van der Waals surface area (Å²) < 4.78 is 8.84. The van der Waals surface area contributed by atoms with Crippen LogP contribution >= 0.6 is 0 Å². The van der Waals surface area contributed by atoms with Gasteiger partial charge in [-0.2, -0.15) is 10.2 Å². The topological polar surface area (TPSA) is 69.8 Å². The van der Waals surface area contributed by atoms with E-state index in [1.165, 1.54) is 0 Å². The molecule has 3 aromatic rings. The first-order valence-corrected chi connectivity index (χ1v) is 7.49. The molecule has 1 atom stereocenters. The summed E-state index contributed by atoms with van der Waals surface area (Å²) in [5.41, 5.74) is 2.00. The second kappa shape index (κ2) is 7.06. The number of nitrogens with zero attached hydrogens (tertiary/aromatic N) is 5. The number of benzene rings is 1. The van der Waals surface area contributed by atoms with E-state index >= 15 is 0 Å². The minimum atomic E-state index is 0.280. The molecule has 1 aromatic carbocycles. The van der Waals surface area contributed by atoms with E-state index in [4.69, 9.17) is 4.74 Å². The predicted molar refractivity (Wildman–Crippen MR) is 86.4 cm³/mol.